The van der Waals surface area contributed by atoms with Gasteiger partial charge in [-0.1, -0.05) is 133 Å². The molecule has 0 aliphatic carbocycles. The molecule has 0 N–H and O–H groups in total. The summed E-state index contributed by atoms with van der Waals surface area (Å²) < 4.78 is 0. The number of aromatic nitrogens is 2. The lowest BCUT2D eigenvalue weighted by molar-refractivity contribution is 1.21. The fourth-order valence-corrected chi connectivity index (χ4v) is 8.26. The first-order valence-corrected chi connectivity index (χ1v) is 19.7. The zero-order valence-electron chi connectivity index (χ0n) is 32.3. The van der Waals surface area contributed by atoms with Crippen LogP contribution in [0.1, 0.15) is 11.4 Å². The number of para-hydroxylation sites is 4. The van der Waals surface area contributed by atoms with Gasteiger partial charge in [-0.3, -0.25) is 0 Å². The first-order chi connectivity index (χ1) is 29.7. The quantitative estimate of drug-likeness (QED) is 0.143. The van der Waals surface area contributed by atoms with Gasteiger partial charge >= 0.3 is 0 Å². The van der Waals surface area contributed by atoms with Crippen LogP contribution in [0.2, 0.25) is 0 Å². The van der Waals surface area contributed by atoms with E-state index in [-0.39, 0.29) is 11.4 Å². The summed E-state index contributed by atoms with van der Waals surface area (Å²) in [5, 5.41) is 24.0. The van der Waals surface area contributed by atoms with Gasteiger partial charge in [0.1, 0.15) is 12.1 Å². The third kappa shape index (κ3) is 6.32. The van der Waals surface area contributed by atoms with E-state index in [1.807, 2.05) is 42.5 Å². The number of rotatable bonds is 8. The van der Waals surface area contributed by atoms with Crippen molar-refractivity contribution < 1.29 is 0 Å². The highest BCUT2D eigenvalue weighted by Crippen LogP contribution is 2.46. The van der Waals surface area contributed by atoms with Gasteiger partial charge in [0.15, 0.2) is 11.4 Å². The minimum Gasteiger partial charge on any atom is -0.311 e. The van der Waals surface area contributed by atoms with E-state index >= 15 is 0 Å². The van der Waals surface area contributed by atoms with Crippen molar-refractivity contribution in [1.82, 2.24) is 9.97 Å². The van der Waals surface area contributed by atoms with Crippen molar-refractivity contribution in [2.45, 2.75) is 0 Å². The lowest BCUT2D eigenvalue weighted by Gasteiger charge is -2.26. The molecular weight excluding hydrogens is 733 g/mol. The molecule has 0 radical (unpaired) electrons. The van der Waals surface area contributed by atoms with Gasteiger partial charge < -0.3 is 9.80 Å². The molecule has 0 spiro atoms. The highest BCUT2D eigenvalue weighted by atomic mass is 15.1. The number of nitrogens with zero attached hydrogens (tertiary/aromatic N) is 6. The highest BCUT2D eigenvalue weighted by molar-refractivity contribution is 6.28. The molecule has 0 unspecified atom stereocenters. The molecule has 10 aromatic rings. The normalized spacial score (nSPS) is 11.0. The molecule has 280 valence electrons. The Bertz CT molecular complexity index is 3170. The van der Waals surface area contributed by atoms with Crippen LogP contribution in [0.25, 0.3) is 54.8 Å². The molecule has 1 aromatic heterocycles. The second-order valence-electron chi connectivity index (χ2n) is 14.4. The standard InChI is InChI=1S/C54H34N6/c55-35-49-50(36-56)58-54-52-47(46-23-13-14-24-48(46)53(54)57-49)34-33-45(37-25-29-43(30-26-37)59(39-15-5-1-6-16-39)40-17-7-2-8-18-40)51(52)38-27-31-44(32-28-38)60(41-19-9-3-10-20-41)42-21-11-4-12-22-42/h1-34H. The predicted octanol–water partition coefficient (Wildman–Crippen LogP) is 14.0. The smallest absolute Gasteiger partial charge is 0.177 e. The van der Waals surface area contributed by atoms with Gasteiger partial charge in [-0.05, 0) is 106 Å². The molecule has 0 bridgehead atoms. The van der Waals surface area contributed by atoms with E-state index in [9.17, 15) is 10.5 Å². The number of anilines is 6. The first-order valence-electron chi connectivity index (χ1n) is 19.7. The van der Waals surface area contributed by atoms with Crippen molar-refractivity contribution >= 4 is 66.7 Å². The Morgan fingerprint density at radius 2 is 0.717 bits per heavy atom. The maximum Gasteiger partial charge on any atom is 0.177 e. The molecule has 0 fully saturated rings. The maximum absolute atomic E-state index is 10.2. The average molecular weight is 767 g/mol. The molecule has 0 saturated carbocycles. The molecule has 0 amide bonds. The molecule has 0 atom stereocenters. The third-order valence-electron chi connectivity index (χ3n) is 10.9. The Hall–Kier alpha value is -8.58. The molecular formula is C54H34N6. The van der Waals surface area contributed by atoms with Crippen molar-refractivity contribution in [3.8, 4) is 34.4 Å². The van der Waals surface area contributed by atoms with E-state index in [4.69, 9.17) is 9.97 Å². The summed E-state index contributed by atoms with van der Waals surface area (Å²) >= 11 is 0. The lowest BCUT2D eigenvalue weighted by atomic mass is 9.87. The molecule has 9 aromatic carbocycles. The van der Waals surface area contributed by atoms with Crippen molar-refractivity contribution in [3.63, 3.8) is 0 Å². The van der Waals surface area contributed by atoms with Crippen LogP contribution in [-0.4, -0.2) is 9.97 Å². The van der Waals surface area contributed by atoms with E-state index in [1.165, 1.54) is 0 Å². The summed E-state index contributed by atoms with van der Waals surface area (Å²) in [5.74, 6) is 0. The Kier molecular flexibility index (Phi) is 9.19. The van der Waals surface area contributed by atoms with Crippen LogP contribution in [0.3, 0.4) is 0 Å². The van der Waals surface area contributed by atoms with Crippen LogP contribution in [0.5, 0.6) is 0 Å². The lowest BCUT2D eigenvalue weighted by Crippen LogP contribution is -2.09. The van der Waals surface area contributed by atoms with Crippen LogP contribution in [0, 0.1) is 22.7 Å². The van der Waals surface area contributed by atoms with Crippen molar-refractivity contribution in [3.05, 3.63) is 218 Å². The fourth-order valence-electron chi connectivity index (χ4n) is 8.26. The third-order valence-corrected chi connectivity index (χ3v) is 10.9. The summed E-state index contributed by atoms with van der Waals surface area (Å²) in [7, 11) is 0. The number of fused-ring (bicyclic) bond motifs is 6. The summed E-state index contributed by atoms with van der Waals surface area (Å²) in [6.07, 6.45) is 0. The van der Waals surface area contributed by atoms with Crippen molar-refractivity contribution in [2.24, 2.45) is 0 Å². The molecule has 60 heavy (non-hydrogen) atoms. The molecule has 10 rings (SSSR count). The largest absolute Gasteiger partial charge is 0.311 e. The second kappa shape index (κ2) is 15.4. The van der Waals surface area contributed by atoms with E-state index in [0.29, 0.717) is 11.0 Å². The molecule has 0 saturated heterocycles. The number of hydrogen-bond donors (Lipinski definition) is 0. The maximum atomic E-state index is 10.2. The Labute approximate surface area is 347 Å². The zero-order chi connectivity index (χ0) is 40.4. The van der Waals surface area contributed by atoms with Gasteiger partial charge in [0.05, 0.1) is 11.0 Å². The van der Waals surface area contributed by atoms with Gasteiger partial charge in [0, 0.05) is 44.9 Å². The van der Waals surface area contributed by atoms with Gasteiger partial charge in [0.2, 0.25) is 0 Å². The van der Waals surface area contributed by atoms with E-state index < -0.39 is 0 Å². The Balaban J connectivity index is 1.22. The fraction of sp³-hybridized carbons (Fsp3) is 0. The van der Waals surface area contributed by atoms with Gasteiger partial charge in [-0.15, -0.1) is 0 Å². The average Bonchev–Trinajstić information content (AvgIpc) is 3.33. The zero-order valence-corrected chi connectivity index (χ0v) is 32.3. The Morgan fingerprint density at radius 1 is 0.333 bits per heavy atom. The van der Waals surface area contributed by atoms with Crippen LogP contribution in [0.4, 0.5) is 34.1 Å². The summed E-state index contributed by atoms with van der Waals surface area (Å²) in [6, 6.07) is 75.4. The van der Waals surface area contributed by atoms with Gasteiger partial charge in [-0.25, -0.2) is 9.97 Å². The molecule has 0 aliphatic rings. The topological polar surface area (TPSA) is 79.8 Å². The van der Waals surface area contributed by atoms with E-state index in [0.717, 1.165) is 77.9 Å². The van der Waals surface area contributed by atoms with Crippen LogP contribution in [-0.2, 0) is 0 Å². The SMILES string of the molecule is N#Cc1nc2c3ccccc3c3ccc(-c4ccc(N(c5ccccc5)c5ccccc5)cc4)c(-c4ccc(N(c5ccccc5)c5ccccc5)cc4)c3c2nc1C#N. The summed E-state index contributed by atoms with van der Waals surface area (Å²) in [6.45, 7) is 0. The van der Waals surface area contributed by atoms with E-state index in [1.54, 1.807) is 0 Å². The van der Waals surface area contributed by atoms with Crippen LogP contribution < -0.4 is 9.80 Å². The minimum absolute atomic E-state index is 0.000847. The van der Waals surface area contributed by atoms with Crippen LogP contribution >= 0.6 is 0 Å². The Morgan fingerprint density at radius 3 is 1.17 bits per heavy atom. The summed E-state index contributed by atoms with van der Waals surface area (Å²) in [4.78, 5) is 14.2. The van der Waals surface area contributed by atoms with E-state index in [2.05, 4.69) is 186 Å². The molecule has 1 heterocycles. The highest BCUT2D eigenvalue weighted by Gasteiger charge is 2.22. The molecule has 6 heteroatoms. The molecule has 0 aliphatic heterocycles. The monoisotopic (exact) mass is 766 g/mol. The minimum atomic E-state index is 0.000847. The number of hydrogen-bond acceptors (Lipinski definition) is 6. The van der Waals surface area contributed by atoms with Crippen LogP contribution in [0.15, 0.2) is 206 Å². The van der Waals surface area contributed by atoms with Crippen molar-refractivity contribution in [2.75, 3.05) is 9.80 Å². The number of nitriles is 2. The van der Waals surface area contributed by atoms with Gasteiger partial charge in [0.25, 0.3) is 0 Å². The summed E-state index contributed by atoms with van der Waals surface area (Å²) in [5.41, 5.74) is 11.4. The predicted molar refractivity (Wildman–Crippen MR) is 244 cm³/mol. The second-order valence-corrected chi connectivity index (χ2v) is 14.4. The van der Waals surface area contributed by atoms with Crippen molar-refractivity contribution in [1.29, 1.82) is 10.5 Å². The first kappa shape index (κ1) is 35.8. The van der Waals surface area contributed by atoms with Gasteiger partial charge in [-0.2, -0.15) is 10.5 Å². The molecule has 6 nitrogen and oxygen atoms in total. The number of benzene rings is 9.